The molecule has 0 spiro atoms. The van der Waals surface area contributed by atoms with Crippen LogP contribution in [0.5, 0.6) is 5.75 Å². The Balaban J connectivity index is 2.49. The van der Waals surface area contributed by atoms with Gasteiger partial charge in [-0.15, -0.1) is 11.3 Å². The summed E-state index contributed by atoms with van der Waals surface area (Å²) in [4.78, 5) is 11.4. The van der Waals surface area contributed by atoms with Gasteiger partial charge < -0.3 is 4.74 Å². The Morgan fingerprint density at radius 2 is 2.00 bits per heavy atom. The summed E-state index contributed by atoms with van der Waals surface area (Å²) in [6.45, 7) is 2.41. The van der Waals surface area contributed by atoms with E-state index in [2.05, 4.69) is 0 Å². The van der Waals surface area contributed by atoms with Crippen LogP contribution in [-0.2, 0) is 4.79 Å². The summed E-state index contributed by atoms with van der Waals surface area (Å²) < 4.78 is 4.99. The Morgan fingerprint density at radius 1 is 1.27 bits per heavy atom. The number of aryl methyl sites for hydroxylation is 1. The molecule has 0 amide bonds. The van der Waals surface area contributed by atoms with Crippen molar-refractivity contribution in [3.05, 3.63) is 40.6 Å². The van der Waals surface area contributed by atoms with Crippen molar-refractivity contribution < 1.29 is 9.53 Å². The van der Waals surface area contributed by atoms with Gasteiger partial charge in [0.15, 0.2) is 5.75 Å². The standard InChI is InChI=1S/C12H10O2S/c1-9-12(14-8-13)11(7-15-9)10-5-3-2-4-6-10/h2-8H,1H3. The van der Waals surface area contributed by atoms with Crippen LogP contribution in [0.3, 0.4) is 0 Å². The number of ether oxygens (including phenoxy) is 1. The Hall–Kier alpha value is -1.61. The minimum absolute atomic E-state index is 0.474. The Bertz CT molecular complexity index is 460. The van der Waals surface area contributed by atoms with Crippen LogP contribution in [0, 0.1) is 6.92 Å². The zero-order chi connectivity index (χ0) is 10.7. The van der Waals surface area contributed by atoms with Crippen molar-refractivity contribution in [1.82, 2.24) is 0 Å². The highest BCUT2D eigenvalue weighted by Gasteiger charge is 2.11. The highest BCUT2D eigenvalue weighted by Crippen LogP contribution is 2.37. The van der Waals surface area contributed by atoms with Gasteiger partial charge in [-0.05, 0) is 12.5 Å². The van der Waals surface area contributed by atoms with Crippen molar-refractivity contribution >= 4 is 17.8 Å². The third-order valence-corrected chi connectivity index (χ3v) is 3.06. The predicted octanol–water partition coefficient (Wildman–Crippen LogP) is 3.26. The van der Waals surface area contributed by atoms with Crippen molar-refractivity contribution in [2.45, 2.75) is 6.92 Å². The van der Waals surface area contributed by atoms with Crippen LogP contribution < -0.4 is 4.74 Å². The van der Waals surface area contributed by atoms with Gasteiger partial charge in [0.2, 0.25) is 0 Å². The lowest BCUT2D eigenvalue weighted by Crippen LogP contribution is -1.90. The Labute approximate surface area is 92.1 Å². The average molecular weight is 218 g/mol. The Morgan fingerprint density at radius 3 is 2.67 bits per heavy atom. The van der Waals surface area contributed by atoms with Gasteiger partial charge in [0.25, 0.3) is 6.47 Å². The monoisotopic (exact) mass is 218 g/mol. The van der Waals surface area contributed by atoms with Crippen LogP contribution in [-0.4, -0.2) is 6.47 Å². The largest absolute Gasteiger partial charge is 0.427 e. The summed E-state index contributed by atoms with van der Waals surface area (Å²) in [5.74, 6) is 0.668. The number of thiophene rings is 1. The van der Waals surface area contributed by atoms with Gasteiger partial charge in [0, 0.05) is 15.8 Å². The smallest absolute Gasteiger partial charge is 0.298 e. The number of hydrogen-bond donors (Lipinski definition) is 0. The molecule has 76 valence electrons. The fourth-order valence-electron chi connectivity index (χ4n) is 1.46. The van der Waals surface area contributed by atoms with Crippen LogP contribution in [0.25, 0.3) is 11.1 Å². The molecule has 0 aliphatic carbocycles. The lowest BCUT2D eigenvalue weighted by Gasteiger charge is -2.02. The molecular weight excluding hydrogens is 208 g/mol. The molecule has 0 aliphatic heterocycles. The van der Waals surface area contributed by atoms with E-state index in [0.29, 0.717) is 12.2 Å². The molecule has 0 saturated carbocycles. The first-order chi connectivity index (χ1) is 7.33. The topological polar surface area (TPSA) is 26.3 Å². The van der Waals surface area contributed by atoms with Gasteiger partial charge in [0.05, 0.1) is 0 Å². The second kappa shape index (κ2) is 4.28. The van der Waals surface area contributed by atoms with E-state index < -0.39 is 0 Å². The van der Waals surface area contributed by atoms with Crippen molar-refractivity contribution in [2.24, 2.45) is 0 Å². The maximum Gasteiger partial charge on any atom is 0.298 e. The molecule has 0 radical (unpaired) electrons. The number of carbonyl (C=O) groups excluding carboxylic acids is 1. The summed E-state index contributed by atoms with van der Waals surface area (Å²) in [7, 11) is 0. The van der Waals surface area contributed by atoms with Crippen molar-refractivity contribution in [3.63, 3.8) is 0 Å². The molecule has 0 fully saturated rings. The number of benzene rings is 1. The molecular formula is C12H10O2S. The van der Waals surface area contributed by atoms with Gasteiger partial charge in [-0.1, -0.05) is 30.3 Å². The quantitative estimate of drug-likeness (QED) is 0.739. The molecule has 0 unspecified atom stereocenters. The van der Waals surface area contributed by atoms with Crippen LogP contribution in [0.1, 0.15) is 4.88 Å². The zero-order valence-corrected chi connectivity index (χ0v) is 9.08. The maximum absolute atomic E-state index is 10.4. The van der Waals surface area contributed by atoms with Crippen LogP contribution in [0.2, 0.25) is 0 Å². The molecule has 0 saturated heterocycles. The third-order valence-electron chi connectivity index (χ3n) is 2.17. The normalized spacial score (nSPS) is 9.93. The van der Waals surface area contributed by atoms with E-state index in [4.69, 9.17) is 4.74 Å². The van der Waals surface area contributed by atoms with Gasteiger partial charge in [0.1, 0.15) is 0 Å². The number of hydrogen-bond acceptors (Lipinski definition) is 3. The van der Waals surface area contributed by atoms with E-state index in [-0.39, 0.29) is 0 Å². The van der Waals surface area contributed by atoms with Crippen molar-refractivity contribution in [2.75, 3.05) is 0 Å². The van der Waals surface area contributed by atoms with Gasteiger partial charge in [-0.2, -0.15) is 0 Å². The fourth-order valence-corrected chi connectivity index (χ4v) is 2.26. The van der Waals surface area contributed by atoms with Crippen molar-refractivity contribution in [3.8, 4) is 16.9 Å². The molecule has 0 aliphatic rings. The summed E-state index contributed by atoms with van der Waals surface area (Å²) in [6.07, 6.45) is 0. The highest BCUT2D eigenvalue weighted by atomic mass is 32.1. The summed E-state index contributed by atoms with van der Waals surface area (Å²) >= 11 is 1.58. The summed E-state index contributed by atoms with van der Waals surface area (Å²) in [5, 5.41) is 2.00. The highest BCUT2D eigenvalue weighted by molar-refractivity contribution is 7.10. The number of carbonyl (C=O) groups is 1. The van der Waals surface area contributed by atoms with E-state index >= 15 is 0 Å². The van der Waals surface area contributed by atoms with Gasteiger partial charge in [-0.25, -0.2) is 0 Å². The molecule has 2 aromatic rings. The van der Waals surface area contributed by atoms with E-state index in [9.17, 15) is 4.79 Å². The second-order valence-corrected chi connectivity index (χ2v) is 4.20. The maximum atomic E-state index is 10.4. The molecule has 15 heavy (non-hydrogen) atoms. The summed E-state index contributed by atoms with van der Waals surface area (Å²) in [5.41, 5.74) is 2.05. The molecule has 2 rings (SSSR count). The third kappa shape index (κ3) is 1.92. The SMILES string of the molecule is Cc1scc(-c2ccccc2)c1OC=O. The molecule has 0 N–H and O–H groups in total. The molecule has 2 nitrogen and oxygen atoms in total. The van der Waals surface area contributed by atoms with Crippen LogP contribution in [0.15, 0.2) is 35.7 Å². The first-order valence-corrected chi connectivity index (χ1v) is 5.44. The van der Waals surface area contributed by atoms with E-state index in [0.717, 1.165) is 16.0 Å². The van der Waals surface area contributed by atoms with Crippen LogP contribution >= 0.6 is 11.3 Å². The van der Waals surface area contributed by atoms with Crippen LogP contribution in [0.4, 0.5) is 0 Å². The second-order valence-electron chi connectivity index (χ2n) is 3.11. The molecule has 1 heterocycles. The van der Waals surface area contributed by atoms with E-state index in [1.54, 1.807) is 11.3 Å². The first-order valence-electron chi connectivity index (χ1n) is 4.56. The van der Waals surface area contributed by atoms with Crippen molar-refractivity contribution in [1.29, 1.82) is 0 Å². The molecule has 1 aromatic carbocycles. The molecule has 1 aromatic heterocycles. The first kappa shape index (κ1) is 9.93. The molecule has 0 atom stereocenters. The Kier molecular flexibility index (Phi) is 2.83. The summed E-state index contributed by atoms with van der Waals surface area (Å²) in [6, 6.07) is 9.89. The van der Waals surface area contributed by atoms with Gasteiger partial charge >= 0.3 is 0 Å². The number of rotatable bonds is 3. The lowest BCUT2D eigenvalue weighted by atomic mass is 10.1. The van der Waals surface area contributed by atoms with Gasteiger partial charge in [-0.3, -0.25) is 4.79 Å². The fraction of sp³-hybridized carbons (Fsp3) is 0.0833. The molecule has 0 bridgehead atoms. The lowest BCUT2D eigenvalue weighted by molar-refractivity contribution is -0.120. The average Bonchev–Trinajstić information content (AvgIpc) is 2.63. The minimum Gasteiger partial charge on any atom is -0.427 e. The zero-order valence-electron chi connectivity index (χ0n) is 8.27. The predicted molar refractivity (Wildman–Crippen MR) is 61.2 cm³/mol. The van der Waals surface area contributed by atoms with E-state index in [1.165, 1.54) is 0 Å². The van der Waals surface area contributed by atoms with E-state index in [1.807, 2.05) is 42.6 Å². The molecule has 3 heteroatoms. The minimum atomic E-state index is 0.474.